The van der Waals surface area contributed by atoms with Crippen molar-refractivity contribution in [3.8, 4) is 0 Å². The Bertz CT molecular complexity index is 1240. The van der Waals surface area contributed by atoms with E-state index in [4.69, 9.17) is 0 Å². The Hall–Kier alpha value is -2.56. The zero-order valence-corrected chi connectivity index (χ0v) is 18.8. The number of aromatic nitrogens is 2. The zero-order chi connectivity index (χ0) is 22.0. The van der Waals surface area contributed by atoms with Crippen LogP contribution in [0.1, 0.15) is 32.1 Å². The van der Waals surface area contributed by atoms with Crippen molar-refractivity contribution in [2.24, 2.45) is 0 Å². The molecule has 1 saturated carbocycles. The van der Waals surface area contributed by atoms with E-state index in [1.807, 2.05) is 0 Å². The summed E-state index contributed by atoms with van der Waals surface area (Å²) in [5.41, 5.74) is 0.190. The van der Waals surface area contributed by atoms with Crippen LogP contribution < -0.4 is 10.9 Å². The first kappa shape index (κ1) is 21.7. The highest BCUT2D eigenvalue weighted by Crippen LogP contribution is 2.27. The van der Waals surface area contributed by atoms with Gasteiger partial charge in [0.05, 0.1) is 16.6 Å². The first-order valence-electron chi connectivity index (χ1n) is 10.2. The monoisotopic (exact) mass is 460 g/mol. The van der Waals surface area contributed by atoms with Crippen LogP contribution in [0, 0.1) is 0 Å². The van der Waals surface area contributed by atoms with Crippen molar-refractivity contribution in [1.82, 2.24) is 13.9 Å². The minimum absolute atomic E-state index is 0.0330. The Morgan fingerprint density at radius 1 is 1.19 bits per heavy atom. The molecule has 0 aliphatic heterocycles. The van der Waals surface area contributed by atoms with Crippen LogP contribution >= 0.6 is 11.3 Å². The highest BCUT2D eigenvalue weighted by molar-refractivity contribution is 7.89. The molecule has 2 aromatic heterocycles. The topological polar surface area (TPSA) is 101 Å². The number of anilines is 1. The molecule has 0 unspecified atom stereocenters. The lowest BCUT2D eigenvalue weighted by atomic mass is 9.96. The fourth-order valence-electron chi connectivity index (χ4n) is 3.88. The van der Waals surface area contributed by atoms with Gasteiger partial charge in [-0.05, 0) is 48.6 Å². The number of nitrogens with one attached hydrogen (secondary N) is 1. The first-order valence-corrected chi connectivity index (χ1v) is 12.5. The summed E-state index contributed by atoms with van der Waals surface area (Å²) in [5, 5.41) is 4.96. The average Bonchev–Trinajstić information content (AvgIpc) is 3.26. The van der Waals surface area contributed by atoms with Crippen LogP contribution in [-0.2, 0) is 21.4 Å². The van der Waals surface area contributed by atoms with Gasteiger partial charge < -0.3 is 5.32 Å². The largest absolute Gasteiger partial charge is 0.325 e. The number of fused-ring (bicyclic) bond motifs is 1. The highest BCUT2D eigenvalue weighted by Gasteiger charge is 2.28. The van der Waals surface area contributed by atoms with Gasteiger partial charge >= 0.3 is 0 Å². The van der Waals surface area contributed by atoms with Crippen LogP contribution in [-0.4, -0.2) is 41.3 Å². The van der Waals surface area contributed by atoms with E-state index in [1.165, 1.54) is 38.7 Å². The Morgan fingerprint density at radius 2 is 1.90 bits per heavy atom. The van der Waals surface area contributed by atoms with Crippen LogP contribution in [0.5, 0.6) is 0 Å². The summed E-state index contributed by atoms with van der Waals surface area (Å²) in [6, 6.07) is 7.83. The minimum Gasteiger partial charge on any atom is -0.325 e. The second-order valence-corrected chi connectivity index (χ2v) is 10.6. The first-order chi connectivity index (χ1) is 14.9. The number of hydrogen-bond acceptors (Lipinski definition) is 6. The molecule has 1 aliphatic carbocycles. The van der Waals surface area contributed by atoms with Crippen molar-refractivity contribution in [3.05, 3.63) is 52.4 Å². The Kier molecular flexibility index (Phi) is 6.22. The standard InChI is InChI=1S/C21H24N4O4S2/c1-24(16-5-3-2-4-6-16)31(28,29)17-9-7-15(8-10-17)23-19(26)13-25-14-22-20-18(21(25)27)11-12-30-20/h7-12,14,16H,2-6,13H2,1H3,(H,23,26). The Labute approximate surface area is 184 Å². The number of sulfonamides is 1. The van der Waals surface area contributed by atoms with Gasteiger partial charge in [0.2, 0.25) is 15.9 Å². The smallest absolute Gasteiger partial charge is 0.262 e. The molecule has 0 radical (unpaired) electrons. The molecule has 2 heterocycles. The van der Waals surface area contributed by atoms with Crippen molar-refractivity contribution in [1.29, 1.82) is 0 Å². The molecule has 31 heavy (non-hydrogen) atoms. The number of thiophene rings is 1. The maximum absolute atomic E-state index is 12.9. The number of hydrogen-bond donors (Lipinski definition) is 1. The fraction of sp³-hybridized carbons (Fsp3) is 0.381. The molecule has 1 aromatic carbocycles. The molecule has 1 amide bonds. The van der Waals surface area contributed by atoms with Gasteiger partial charge in [-0.2, -0.15) is 4.31 Å². The number of nitrogens with zero attached hydrogens (tertiary/aromatic N) is 3. The SMILES string of the molecule is CN(C1CCCCC1)S(=O)(=O)c1ccc(NC(=O)Cn2cnc3sccc3c2=O)cc1. The van der Waals surface area contributed by atoms with Crippen LogP contribution in [0.4, 0.5) is 5.69 Å². The lowest BCUT2D eigenvalue weighted by Crippen LogP contribution is -2.38. The van der Waals surface area contributed by atoms with Crippen molar-refractivity contribution in [2.45, 2.75) is 49.6 Å². The molecule has 3 aromatic rings. The average molecular weight is 461 g/mol. The van der Waals surface area contributed by atoms with E-state index >= 15 is 0 Å². The van der Waals surface area contributed by atoms with Crippen molar-refractivity contribution >= 4 is 43.2 Å². The summed E-state index contributed by atoms with van der Waals surface area (Å²) in [4.78, 5) is 29.8. The number of amides is 1. The lowest BCUT2D eigenvalue weighted by molar-refractivity contribution is -0.116. The van der Waals surface area contributed by atoms with Gasteiger partial charge in [0, 0.05) is 18.8 Å². The molecule has 1 N–H and O–H groups in total. The van der Waals surface area contributed by atoms with Crippen LogP contribution in [0.25, 0.3) is 10.2 Å². The zero-order valence-electron chi connectivity index (χ0n) is 17.2. The van der Waals surface area contributed by atoms with E-state index in [2.05, 4.69) is 10.3 Å². The molecule has 1 fully saturated rings. The molecule has 8 nitrogen and oxygen atoms in total. The van der Waals surface area contributed by atoms with E-state index in [9.17, 15) is 18.0 Å². The van der Waals surface area contributed by atoms with Gasteiger partial charge in [0.1, 0.15) is 11.4 Å². The van der Waals surface area contributed by atoms with E-state index in [1.54, 1.807) is 30.6 Å². The quantitative estimate of drug-likeness (QED) is 0.609. The molecule has 1 aliphatic rings. The molecule has 0 atom stereocenters. The van der Waals surface area contributed by atoms with Crippen molar-refractivity contribution in [2.75, 3.05) is 12.4 Å². The van der Waals surface area contributed by atoms with Gasteiger partial charge in [-0.1, -0.05) is 19.3 Å². The molecule has 10 heteroatoms. The number of carbonyl (C=O) groups is 1. The number of rotatable bonds is 6. The van der Waals surface area contributed by atoms with Crippen LogP contribution in [0.15, 0.2) is 51.7 Å². The molecular weight excluding hydrogens is 436 g/mol. The van der Waals surface area contributed by atoms with Gasteiger partial charge in [0.15, 0.2) is 0 Å². The van der Waals surface area contributed by atoms with Gasteiger partial charge in [0.25, 0.3) is 5.56 Å². The fourth-order valence-corrected chi connectivity index (χ4v) is 6.02. The van der Waals surface area contributed by atoms with Gasteiger partial charge in [-0.15, -0.1) is 11.3 Å². The molecule has 0 bridgehead atoms. The van der Waals surface area contributed by atoms with Crippen molar-refractivity contribution in [3.63, 3.8) is 0 Å². The summed E-state index contributed by atoms with van der Waals surface area (Å²) in [7, 11) is -1.95. The molecule has 164 valence electrons. The Morgan fingerprint density at radius 3 is 2.61 bits per heavy atom. The highest BCUT2D eigenvalue weighted by atomic mass is 32.2. The summed E-state index contributed by atoms with van der Waals surface area (Å²) in [6.45, 7) is -0.178. The third-order valence-corrected chi connectivity index (χ3v) is 8.41. The summed E-state index contributed by atoms with van der Waals surface area (Å²) < 4.78 is 28.6. The van der Waals surface area contributed by atoms with E-state index in [0.717, 1.165) is 32.1 Å². The van der Waals surface area contributed by atoms with Crippen LogP contribution in [0.2, 0.25) is 0 Å². The van der Waals surface area contributed by atoms with Gasteiger partial charge in [-0.25, -0.2) is 13.4 Å². The van der Waals surface area contributed by atoms with Crippen LogP contribution in [0.3, 0.4) is 0 Å². The summed E-state index contributed by atoms with van der Waals surface area (Å²) in [6.07, 6.45) is 6.38. The summed E-state index contributed by atoms with van der Waals surface area (Å²) in [5.74, 6) is -0.395. The summed E-state index contributed by atoms with van der Waals surface area (Å²) >= 11 is 1.37. The maximum Gasteiger partial charge on any atom is 0.262 e. The minimum atomic E-state index is -3.59. The third kappa shape index (κ3) is 4.56. The molecule has 0 spiro atoms. The van der Waals surface area contributed by atoms with E-state index < -0.39 is 15.9 Å². The maximum atomic E-state index is 12.9. The molecule has 4 rings (SSSR count). The third-order valence-electron chi connectivity index (χ3n) is 5.67. The Balaban J connectivity index is 1.43. The lowest BCUT2D eigenvalue weighted by Gasteiger charge is -2.30. The number of carbonyl (C=O) groups excluding carboxylic acids is 1. The molecule has 0 saturated heterocycles. The second kappa shape index (κ2) is 8.89. The number of benzene rings is 1. The van der Waals surface area contributed by atoms with Gasteiger partial charge in [-0.3, -0.25) is 14.2 Å². The van der Waals surface area contributed by atoms with E-state index in [0.29, 0.717) is 15.9 Å². The predicted molar refractivity (Wildman–Crippen MR) is 121 cm³/mol. The normalized spacial score (nSPS) is 15.4. The van der Waals surface area contributed by atoms with Crippen molar-refractivity contribution < 1.29 is 13.2 Å². The van der Waals surface area contributed by atoms with E-state index in [-0.39, 0.29) is 23.0 Å². The second-order valence-electron chi connectivity index (χ2n) is 7.70. The predicted octanol–water partition coefficient (Wildman–Crippen LogP) is 3.05. The molecular formula is C21H24N4O4S2.